The standard InChI is InChI=1S/C10H20N2O3/c1-3-12-10(13)8(2)15-7-9-6-11-4-5-14-9/h8-9,11H,3-7H2,1-2H3,(H,12,13). The summed E-state index contributed by atoms with van der Waals surface area (Å²) in [6, 6.07) is 0. The summed E-state index contributed by atoms with van der Waals surface area (Å²) in [6.07, 6.45) is -0.342. The average Bonchev–Trinajstić information content (AvgIpc) is 2.27. The van der Waals surface area contributed by atoms with E-state index in [9.17, 15) is 4.79 Å². The Morgan fingerprint density at radius 3 is 3.13 bits per heavy atom. The van der Waals surface area contributed by atoms with Crippen LogP contribution < -0.4 is 10.6 Å². The summed E-state index contributed by atoms with van der Waals surface area (Å²) >= 11 is 0. The van der Waals surface area contributed by atoms with E-state index in [1.54, 1.807) is 6.92 Å². The zero-order valence-corrected chi connectivity index (χ0v) is 9.41. The molecule has 0 aliphatic carbocycles. The lowest BCUT2D eigenvalue weighted by Gasteiger charge is -2.24. The molecule has 0 aromatic rings. The molecule has 1 aliphatic rings. The molecule has 1 amide bonds. The highest BCUT2D eigenvalue weighted by Gasteiger charge is 2.17. The Balaban J connectivity index is 2.14. The highest BCUT2D eigenvalue weighted by atomic mass is 16.5. The van der Waals surface area contributed by atoms with Crippen LogP contribution >= 0.6 is 0 Å². The van der Waals surface area contributed by atoms with Crippen molar-refractivity contribution < 1.29 is 14.3 Å². The van der Waals surface area contributed by atoms with Gasteiger partial charge in [0.2, 0.25) is 5.91 Å². The first-order valence-electron chi connectivity index (χ1n) is 5.45. The molecular weight excluding hydrogens is 196 g/mol. The van der Waals surface area contributed by atoms with Gasteiger partial charge in [-0.15, -0.1) is 0 Å². The zero-order chi connectivity index (χ0) is 11.1. The van der Waals surface area contributed by atoms with Gasteiger partial charge in [0.15, 0.2) is 0 Å². The quantitative estimate of drug-likeness (QED) is 0.651. The smallest absolute Gasteiger partial charge is 0.248 e. The largest absolute Gasteiger partial charge is 0.373 e. The van der Waals surface area contributed by atoms with Crippen molar-refractivity contribution in [2.75, 3.05) is 32.8 Å². The average molecular weight is 216 g/mol. The van der Waals surface area contributed by atoms with E-state index in [0.29, 0.717) is 19.8 Å². The van der Waals surface area contributed by atoms with Crippen LogP contribution in [0.5, 0.6) is 0 Å². The zero-order valence-electron chi connectivity index (χ0n) is 9.41. The minimum atomic E-state index is -0.407. The maximum Gasteiger partial charge on any atom is 0.248 e. The third kappa shape index (κ3) is 4.59. The van der Waals surface area contributed by atoms with Gasteiger partial charge in [-0.25, -0.2) is 0 Å². The van der Waals surface area contributed by atoms with Gasteiger partial charge in [-0.2, -0.15) is 0 Å². The molecule has 0 saturated carbocycles. The number of hydrogen-bond donors (Lipinski definition) is 2. The summed E-state index contributed by atoms with van der Waals surface area (Å²) in [7, 11) is 0. The highest BCUT2D eigenvalue weighted by molar-refractivity contribution is 5.80. The van der Waals surface area contributed by atoms with Gasteiger partial charge >= 0.3 is 0 Å². The molecule has 2 N–H and O–H groups in total. The third-order valence-corrected chi connectivity index (χ3v) is 2.26. The Morgan fingerprint density at radius 2 is 2.53 bits per heavy atom. The van der Waals surface area contributed by atoms with Gasteiger partial charge in [-0.05, 0) is 13.8 Å². The summed E-state index contributed by atoms with van der Waals surface area (Å²) in [5, 5.41) is 5.92. The van der Waals surface area contributed by atoms with E-state index in [-0.39, 0.29) is 12.0 Å². The molecule has 0 radical (unpaired) electrons. The topological polar surface area (TPSA) is 59.6 Å². The molecule has 1 aliphatic heterocycles. The minimum absolute atomic E-state index is 0.0654. The van der Waals surface area contributed by atoms with Gasteiger partial charge in [-0.1, -0.05) is 0 Å². The molecule has 88 valence electrons. The Labute approximate surface area is 90.5 Å². The predicted molar refractivity (Wildman–Crippen MR) is 56.7 cm³/mol. The van der Waals surface area contributed by atoms with E-state index in [1.165, 1.54) is 0 Å². The van der Waals surface area contributed by atoms with Gasteiger partial charge in [0.25, 0.3) is 0 Å². The SMILES string of the molecule is CCNC(=O)C(C)OCC1CNCCO1. The first-order valence-corrected chi connectivity index (χ1v) is 5.45. The molecular formula is C10H20N2O3. The van der Waals surface area contributed by atoms with Crippen molar-refractivity contribution in [2.24, 2.45) is 0 Å². The maximum atomic E-state index is 11.3. The number of likely N-dealkylation sites (N-methyl/N-ethyl adjacent to an activating group) is 1. The highest BCUT2D eigenvalue weighted by Crippen LogP contribution is 1.99. The van der Waals surface area contributed by atoms with Gasteiger partial charge < -0.3 is 20.1 Å². The van der Waals surface area contributed by atoms with Crippen LogP contribution in [0, 0.1) is 0 Å². The Hall–Kier alpha value is -0.650. The van der Waals surface area contributed by atoms with Gasteiger partial charge in [0.05, 0.1) is 19.3 Å². The van der Waals surface area contributed by atoms with Crippen molar-refractivity contribution in [3.63, 3.8) is 0 Å². The maximum absolute atomic E-state index is 11.3. The second kappa shape index (κ2) is 6.76. The van der Waals surface area contributed by atoms with Crippen LogP contribution in [0.4, 0.5) is 0 Å². The molecule has 0 aromatic carbocycles. The molecule has 1 heterocycles. The molecule has 1 saturated heterocycles. The fraction of sp³-hybridized carbons (Fsp3) is 0.900. The molecule has 15 heavy (non-hydrogen) atoms. The van der Waals surface area contributed by atoms with E-state index >= 15 is 0 Å². The van der Waals surface area contributed by atoms with Crippen molar-refractivity contribution in [3.05, 3.63) is 0 Å². The molecule has 5 heteroatoms. The van der Waals surface area contributed by atoms with Crippen LogP contribution in [-0.4, -0.2) is 51.0 Å². The summed E-state index contributed by atoms with van der Waals surface area (Å²) in [4.78, 5) is 11.3. The van der Waals surface area contributed by atoms with Crippen molar-refractivity contribution >= 4 is 5.91 Å². The second-order valence-corrected chi connectivity index (χ2v) is 3.57. The Kier molecular flexibility index (Phi) is 5.60. The van der Waals surface area contributed by atoms with Gasteiger partial charge in [0, 0.05) is 19.6 Å². The van der Waals surface area contributed by atoms with Crippen molar-refractivity contribution in [3.8, 4) is 0 Å². The van der Waals surface area contributed by atoms with E-state index in [1.807, 2.05) is 6.92 Å². The van der Waals surface area contributed by atoms with Crippen LogP contribution in [0.25, 0.3) is 0 Å². The van der Waals surface area contributed by atoms with Crippen LogP contribution in [-0.2, 0) is 14.3 Å². The lowest BCUT2D eigenvalue weighted by molar-refractivity contribution is -0.134. The number of nitrogens with one attached hydrogen (secondary N) is 2. The number of carbonyl (C=O) groups excluding carboxylic acids is 1. The monoisotopic (exact) mass is 216 g/mol. The van der Waals surface area contributed by atoms with E-state index in [4.69, 9.17) is 9.47 Å². The number of morpholine rings is 1. The third-order valence-electron chi connectivity index (χ3n) is 2.26. The minimum Gasteiger partial charge on any atom is -0.373 e. The summed E-state index contributed by atoms with van der Waals surface area (Å²) in [6.45, 7) is 7.13. The normalized spacial score (nSPS) is 23.5. The van der Waals surface area contributed by atoms with Gasteiger partial charge in [0.1, 0.15) is 6.10 Å². The van der Waals surface area contributed by atoms with E-state index < -0.39 is 6.10 Å². The Bertz CT molecular complexity index is 193. The van der Waals surface area contributed by atoms with E-state index in [0.717, 1.165) is 13.1 Å². The number of carbonyl (C=O) groups is 1. The van der Waals surface area contributed by atoms with Gasteiger partial charge in [-0.3, -0.25) is 4.79 Å². The number of amides is 1. The van der Waals surface area contributed by atoms with Crippen LogP contribution in [0.15, 0.2) is 0 Å². The second-order valence-electron chi connectivity index (χ2n) is 3.57. The van der Waals surface area contributed by atoms with Crippen LogP contribution in [0.3, 0.4) is 0 Å². The predicted octanol–water partition coefficient (Wildman–Crippen LogP) is -0.484. The van der Waals surface area contributed by atoms with Crippen LogP contribution in [0.2, 0.25) is 0 Å². The first-order chi connectivity index (χ1) is 7.24. The number of rotatable bonds is 5. The molecule has 5 nitrogen and oxygen atoms in total. The van der Waals surface area contributed by atoms with Crippen molar-refractivity contribution in [1.29, 1.82) is 0 Å². The molecule has 2 atom stereocenters. The summed E-state index contributed by atoms with van der Waals surface area (Å²) in [5.74, 6) is -0.0683. The molecule has 1 rings (SSSR count). The summed E-state index contributed by atoms with van der Waals surface area (Å²) < 4.78 is 10.9. The molecule has 0 bridgehead atoms. The molecule has 1 fully saturated rings. The lowest BCUT2D eigenvalue weighted by atomic mass is 10.3. The van der Waals surface area contributed by atoms with Crippen LogP contribution in [0.1, 0.15) is 13.8 Å². The van der Waals surface area contributed by atoms with Crippen molar-refractivity contribution in [1.82, 2.24) is 10.6 Å². The fourth-order valence-electron chi connectivity index (χ4n) is 1.37. The van der Waals surface area contributed by atoms with E-state index in [2.05, 4.69) is 10.6 Å². The van der Waals surface area contributed by atoms with Crippen molar-refractivity contribution in [2.45, 2.75) is 26.1 Å². The number of hydrogen-bond acceptors (Lipinski definition) is 4. The molecule has 0 aromatic heterocycles. The fourth-order valence-corrected chi connectivity index (χ4v) is 1.37. The first kappa shape index (κ1) is 12.4. The summed E-state index contributed by atoms with van der Waals surface area (Å²) in [5.41, 5.74) is 0. The lowest BCUT2D eigenvalue weighted by Crippen LogP contribution is -2.43. The molecule has 0 spiro atoms. The Morgan fingerprint density at radius 1 is 1.73 bits per heavy atom. The number of ether oxygens (including phenoxy) is 2. The molecule has 2 unspecified atom stereocenters.